The van der Waals surface area contributed by atoms with Crippen LogP contribution in [0.5, 0.6) is 0 Å². The molecule has 0 bridgehead atoms. The molecule has 7 nitrogen and oxygen atoms in total. The Morgan fingerprint density at radius 3 is 1.83 bits per heavy atom. The SMILES string of the molecule is N[NH+]([O-])C(N)(N)C(N)(I)C(=O)I. The van der Waals surface area contributed by atoms with Gasteiger partial charge >= 0.3 is 0 Å². The van der Waals surface area contributed by atoms with Crippen LogP contribution in [0.4, 0.5) is 0 Å². The topological polar surface area (TPSA) is 149 Å². The maximum absolute atomic E-state index is 10.9. The number of carbonyl (C=O) groups excluding carboxylic acids is 1. The predicted molar refractivity (Wildman–Crippen MR) is 59.6 cm³/mol. The number of quaternary nitrogens is 1. The molecule has 0 radical (unpaired) electrons. The number of nitrogens with one attached hydrogen (secondary N) is 1. The fourth-order valence-corrected chi connectivity index (χ4v) is 1.05. The monoisotopic (exact) mass is 401 g/mol. The maximum atomic E-state index is 10.9. The molecule has 0 aliphatic carbocycles. The molecule has 0 aliphatic heterocycles. The van der Waals surface area contributed by atoms with Crippen molar-refractivity contribution in [3.05, 3.63) is 5.21 Å². The lowest BCUT2D eigenvalue weighted by Gasteiger charge is -2.40. The van der Waals surface area contributed by atoms with E-state index in [1.807, 2.05) is 0 Å². The Morgan fingerprint density at radius 2 is 1.75 bits per heavy atom. The lowest BCUT2D eigenvalue weighted by molar-refractivity contribution is -0.918. The first-order valence-electron chi connectivity index (χ1n) is 2.69. The Morgan fingerprint density at radius 1 is 1.42 bits per heavy atom. The summed E-state index contributed by atoms with van der Waals surface area (Å²) in [6.07, 6.45) is 0. The highest BCUT2D eigenvalue weighted by atomic mass is 127. The van der Waals surface area contributed by atoms with Gasteiger partial charge in [0, 0.05) is 22.6 Å². The van der Waals surface area contributed by atoms with Crippen LogP contribution in [0.1, 0.15) is 0 Å². The quantitative estimate of drug-likeness (QED) is 0.0643. The smallest absolute Gasteiger partial charge is 0.257 e. The molecule has 0 aliphatic rings. The summed E-state index contributed by atoms with van der Waals surface area (Å²) in [7, 11) is 0. The van der Waals surface area contributed by atoms with Gasteiger partial charge in [-0.25, -0.2) is 0 Å². The zero-order valence-corrected chi connectivity index (χ0v) is 10.2. The van der Waals surface area contributed by atoms with E-state index in [2.05, 4.69) is 0 Å². The van der Waals surface area contributed by atoms with Crippen molar-refractivity contribution >= 4 is 49.0 Å². The van der Waals surface area contributed by atoms with Crippen LogP contribution in [-0.2, 0) is 4.79 Å². The number of hydroxylamine groups is 1. The van der Waals surface area contributed by atoms with Crippen LogP contribution in [0.3, 0.4) is 0 Å². The van der Waals surface area contributed by atoms with Gasteiger partial charge in [-0.15, -0.1) is 0 Å². The first-order valence-corrected chi connectivity index (χ1v) is 4.85. The fourth-order valence-electron chi connectivity index (χ4n) is 0.342. The summed E-state index contributed by atoms with van der Waals surface area (Å²) in [4.78, 5) is 10.9. The first kappa shape index (κ1) is 12.9. The number of alkyl halides is 1. The van der Waals surface area contributed by atoms with Gasteiger partial charge in [0.25, 0.3) is 5.79 Å². The number of halogens is 2. The predicted octanol–water partition coefficient (Wildman–Crippen LogP) is -3.13. The first-order chi connectivity index (χ1) is 5.14. The number of hydrogen-bond donors (Lipinski definition) is 5. The van der Waals surface area contributed by atoms with Crippen molar-refractivity contribution in [2.75, 3.05) is 0 Å². The number of nitrogens with two attached hydrogens (primary N) is 4. The van der Waals surface area contributed by atoms with Gasteiger partial charge < -0.3 is 10.9 Å². The van der Waals surface area contributed by atoms with Gasteiger partial charge in [-0.2, -0.15) is 5.84 Å². The van der Waals surface area contributed by atoms with Crippen molar-refractivity contribution in [1.29, 1.82) is 0 Å². The summed E-state index contributed by atoms with van der Waals surface area (Å²) in [5, 5.41) is 9.68. The van der Waals surface area contributed by atoms with Crippen molar-refractivity contribution in [2.24, 2.45) is 23.0 Å². The highest BCUT2D eigenvalue weighted by Crippen LogP contribution is 2.21. The third-order valence-corrected chi connectivity index (χ3v) is 4.56. The lowest BCUT2D eigenvalue weighted by Crippen LogP contribution is -3.28. The minimum Gasteiger partial charge on any atom is -0.611 e. The minimum absolute atomic E-state index is 0.537. The largest absolute Gasteiger partial charge is 0.611 e. The van der Waals surface area contributed by atoms with Gasteiger partial charge in [0.2, 0.25) is 7.34 Å². The molecule has 0 aromatic heterocycles. The third kappa shape index (κ3) is 2.22. The van der Waals surface area contributed by atoms with Crippen molar-refractivity contribution in [3.63, 3.8) is 0 Å². The van der Waals surface area contributed by atoms with E-state index >= 15 is 0 Å². The van der Waals surface area contributed by atoms with Gasteiger partial charge in [0.05, 0.1) is 0 Å². The van der Waals surface area contributed by atoms with Gasteiger partial charge in [-0.3, -0.25) is 21.4 Å². The van der Waals surface area contributed by atoms with E-state index in [0.717, 1.165) is 0 Å². The molecule has 0 spiro atoms. The second-order valence-corrected chi connectivity index (χ2v) is 4.90. The molecule has 2 unspecified atom stereocenters. The second-order valence-electron chi connectivity index (χ2n) is 2.22. The lowest BCUT2D eigenvalue weighted by atomic mass is 10.2. The molecule has 0 saturated carbocycles. The zero-order chi connectivity index (χ0) is 10.2. The van der Waals surface area contributed by atoms with E-state index in [0.29, 0.717) is 0 Å². The van der Waals surface area contributed by atoms with Crippen LogP contribution in [0.25, 0.3) is 0 Å². The Hall–Kier alpha value is 0.890. The maximum Gasteiger partial charge on any atom is 0.257 e. The molecular formula is C3H9I2N5O2. The zero-order valence-electron chi connectivity index (χ0n) is 5.88. The second kappa shape index (κ2) is 3.95. The summed E-state index contributed by atoms with van der Waals surface area (Å²) in [5.41, 5.74) is 16.0. The normalized spacial score (nSPS) is 19.9. The molecule has 0 aromatic carbocycles. The van der Waals surface area contributed by atoms with Crippen LogP contribution in [0, 0.1) is 5.21 Å². The molecule has 0 aromatic rings. The van der Waals surface area contributed by atoms with Crippen LogP contribution >= 0.6 is 45.2 Å². The average Bonchev–Trinajstić information content (AvgIpc) is 1.86. The Balaban J connectivity index is 4.88. The molecule has 12 heavy (non-hydrogen) atoms. The fraction of sp³-hybridized carbons (Fsp3) is 0.667. The minimum atomic E-state index is -2.04. The standard InChI is InChI=1S/C3H9I2N5O2/c4-1(11)2(5,6)3(7,8)10(9)12/h10H,6-9H2. The number of carbonyl (C=O) groups is 1. The van der Waals surface area contributed by atoms with E-state index in [1.54, 1.807) is 0 Å². The third-order valence-electron chi connectivity index (χ3n) is 1.30. The average molecular weight is 401 g/mol. The van der Waals surface area contributed by atoms with E-state index in [4.69, 9.17) is 23.0 Å². The molecule has 9 N–H and O–H groups in total. The molecular weight excluding hydrogens is 392 g/mol. The number of hydrogen-bond acceptors (Lipinski definition) is 6. The molecule has 72 valence electrons. The highest BCUT2D eigenvalue weighted by molar-refractivity contribution is 14.1. The van der Waals surface area contributed by atoms with Crippen molar-refractivity contribution in [2.45, 2.75) is 9.33 Å². The molecule has 0 rings (SSSR count). The van der Waals surface area contributed by atoms with Crippen molar-refractivity contribution in [1.82, 2.24) is 0 Å². The molecule has 0 heterocycles. The molecule has 2 atom stereocenters. The molecule has 0 fully saturated rings. The van der Waals surface area contributed by atoms with Crippen LogP contribution in [0.2, 0.25) is 0 Å². The van der Waals surface area contributed by atoms with Crippen molar-refractivity contribution < 1.29 is 9.97 Å². The van der Waals surface area contributed by atoms with Crippen molar-refractivity contribution in [3.8, 4) is 0 Å². The summed E-state index contributed by atoms with van der Waals surface area (Å²) < 4.78 is -2.22. The summed E-state index contributed by atoms with van der Waals surface area (Å²) in [6, 6.07) is 0. The summed E-state index contributed by atoms with van der Waals surface area (Å²) >= 11 is 2.90. The van der Waals surface area contributed by atoms with Crippen LogP contribution < -0.4 is 28.2 Å². The van der Waals surface area contributed by atoms with E-state index in [1.165, 1.54) is 45.2 Å². The summed E-state index contributed by atoms with van der Waals surface area (Å²) in [6.45, 7) is 0. The van der Waals surface area contributed by atoms with Gasteiger partial charge in [0.15, 0.2) is 0 Å². The molecule has 0 saturated heterocycles. The van der Waals surface area contributed by atoms with Gasteiger partial charge in [0.1, 0.15) is 0 Å². The van der Waals surface area contributed by atoms with E-state index in [9.17, 15) is 10.0 Å². The van der Waals surface area contributed by atoms with Crippen LogP contribution in [-0.4, -0.2) is 13.1 Å². The van der Waals surface area contributed by atoms with Crippen LogP contribution in [0.15, 0.2) is 0 Å². The van der Waals surface area contributed by atoms with E-state index < -0.39 is 18.3 Å². The molecule has 0 amide bonds. The molecule has 9 heteroatoms. The summed E-state index contributed by atoms with van der Waals surface area (Å²) in [5.74, 6) is 2.83. The van der Waals surface area contributed by atoms with E-state index in [-0.39, 0.29) is 0 Å². The Bertz CT molecular complexity index is 193. The highest BCUT2D eigenvalue weighted by Gasteiger charge is 2.52. The Kier molecular flexibility index (Phi) is 4.24. The van der Waals surface area contributed by atoms with Gasteiger partial charge in [-0.05, 0) is 22.6 Å². The Labute approximate surface area is 96.0 Å². The van der Waals surface area contributed by atoms with Gasteiger partial charge in [-0.1, -0.05) is 0 Å². The number of rotatable bonds is 3.